The number of nitrogens with one attached hydrogen (secondary N) is 1. The van der Waals surface area contributed by atoms with E-state index >= 15 is 0 Å². The van der Waals surface area contributed by atoms with E-state index in [1.165, 1.54) is 11.3 Å². The average molecular weight is 411 g/mol. The van der Waals surface area contributed by atoms with Crippen LogP contribution in [-0.4, -0.2) is 20.4 Å². The van der Waals surface area contributed by atoms with Gasteiger partial charge in [-0.25, -0.2) is 4.98 Å². The van der Waals surface area contributed by atoms with E-state index in [0.717, 1.165) is 33.5 Å². The summed E-state index contributed by atoms with van der Waals surface area (Å²) in [5.41, 5.74) is 3.61. The van der Waals surface area contributed by atoms with Crippen molar-refractivity contribution in [3.8, 4) is 0 Å². The van der Waals surface area contributed by atoms with Crippen molar-refractivity contribution >= 4 is 44.9 Å². The molecule has 0 radical (unpaired) electrons. The number of nitrogens with zero attached hydrogens (tertiary/aromatic N) is 3. The highest BCUT2D eigenvalue weighted by Gasteiger charge is 2.18. The number of rotatable bonds is 5. The molecule has 7 heteroatoms. The van der Waals surface area contributed by atoms with Crippen LogP contribution >= 0.6 is 22.9 Å². The quantitative estimate of drug-likeness (QED) is 0.484. The molecule has 3 heterocycles. The number of pyridine rings is 1. The standard InChI is InChI=1S/C21H19ClN4OS/c1-3-17-13(2)28-21(24-17)25-20(27)19-11-15-10-16(22)4-5-18(15)26(19)12-14-6-8-23-9-7-14/h4-11H,3,12H2,1-2H3,(H,24,25,27). The zero-order chi connectivity index (χ0) is 19.7. The Morgan fingerprint density at radius 3 is 2.71 bits per heavy atom. The second-order valence-electron chi connectivity index (χ2n) is 6.50. The molecular formula is C21H19ClN4OS. The second-order valence-corrected chi connectivity index (χ2v) is 8.14. The van der Waals surface area contributed by atoms with E-state index < -0.39 is 0 Å². The predicted octanol–water partition coefficient (Wildman–Crippen LogP) is 5.32. The summed E-state index contributed by atoms with van der Waals surface area (Å²) in [5, 5.41) is 5.15. The SMILES string of the molecule is CCc1nc(NC(=O)c2cc3cc(Cl)ccc3n2Cc2ccncc2)sc1C. The van der Waals surface area contributed by atoms with Gasteiger partial charge in [0.1, 0.15) is 5.69 Å². The lowest BCUT2D eigenvalue weighted by atomic mass is 10.2. The fourth-order valence-electron chi connectivity index (χ4n) is 3.24. The van der Waals surface area contributed by atoms with Gasteiger partial charge in [-0.1, -0.05) is 18.5 Å². The summed E-state index contributed by atoms with van der Waals surface area (Å²) in [6, 6.07) is 11.4. The highest BCUT2D eigenvalue weighted by Crippen LogP contribution is 2.27. The average Bonchev–Trinajstić information content (AvgIpc) is 3.22. The van der Waals surface area contributed by atoms with Crippen LogP contribution in [0.3, 0.4) is 0 Å². The van der Waals surface area contributed by atoms with E-state index in [2.05, 4.69) is 22.2 Å². The molecule has 4 aromatic rings. The fraction of sp³-hybridized carbons (Fsp3) is 0.190. The van der Waals surface area contributed by atoms with E-state index in [1.54, 1.807) is 12.4 Å². The number of carbonyl (C=O) groups excluding carboxylic acids is 1. The van der Waals surface area contributed by atoms with Gasteiger partial charge in [-0.3, -0.25) is 15.1 Å². The Balaban J connectivity index is 1.73. The van der Waals surface area contributed by atoms with Gasteiger partial charge in [0.05, 0.1) is 5.69 Å². The van der Waals surface area contributed by atoms with E-state index in [0.29, 0.717) is 22.4 Å². The Morgan fingerprint density at radius 2 is 2.00 bits per heavy atom. The van der Waals surface area contributed by atoms with Gasteiger partial charge in [-0.15, -0.1) is 11.3 Å². The Labute approximate surface area is 172 Å². The van der Waals surface area contributed by atoms with Crippen LogP contribution in [0, 0.1) is 6.92 Å². The van der Waals surface area contributed by atoms with Gasteiger partial charge in [-0.2, -0.15) is 0 Å². The highest BCUT2D eigenvalue weighted by atomic mass is 35.5. The van der Waals surface area contributed by atoms with E-state index in [1.807, 2.05) is 47.9 Å². The topological polar surface area (TPSA) is 59.8 Å². The minimum absolute atomic E-state index is 0.183. The number of amides is 1. The number of halogens is 1. The molecule has 0 spiro atoms. The van der Waals surface area contributed by atoms with Crippen molar-refractivity contribution in [3.63, 3.8) is 0 Å². The number of hydrogen-bond acceptors (Lipinski definition) is 4. The van der Waals surface area contributed by atoms with Crippen molar-refractivity contribution in [2.45, 2.75) is 26.8 Å². The highest BCUT2D eigenvalue weighted by molar-refractivity contribution is 7.15. The van der Waals surface area contributed by atoms with Crippen LogP contribution in [0.15, 0.2) is 48.8 Å². The van der Waals surface area contributed by atoms with Gasteiger partial charge < -0.3 is 4.57 Å². The molecule has 142 valence electrons. The molecule has 1 aromatic carbocycles. The molecule has 0 aliphatic carbocycles. The van der Waals surface area contributed by atoms with Crippen LogP contribution in [0.2, 0.25) is 5.02 Å². The normalized spacial score (nSPS) is 11.1. The predicted molar refractivity (Wildman–Crippen MR) is 114 cm³/mol. The fourth-order valence-corrected chi connectivity index (χ4v) is 4.32. The van der Waals surface area contributed by atoms with Gasteiger partial charge in [0.2, 0.25) is 0 Å². The molecule has 1 amide bonds. The molecule has 0 unspecified atom stereocenters. The van der Waals surface area contributed by atoms with Gasteiger partial charge in [0, 0.05) is 39.7 Å². The first-order valence-corrected chi connectivity index (χ1v) is 10.2. The summed E-state index contributed by atoms with van der Waals surface area (Å²) in [7, 11) is 0. The molecule has 1 N–H and O–H groups in total. The van der Waals surface area contributed by atoms with Crippen LogP contribution in [0.4, 0.5) is 5.13 Å². The maximum absolute atomic E-state index is 13.1. The maximum Gasteiger partial charge on any atom is 0.274 e. The Hall–Kier alpha value is -2.70. The van der Waals surface area contributed by atoms with Gasteiger partial charge in [0.15, 0.2) is 5.13 Å². The van der Waals surface area contributed by atoms with Crippen LogP contribution in [-0.2, 0) is 13.0 Å². The molecular weight excluding hydrogens is 392 g/mol. The number of aryl methyl sites for hydroxylation is 2. The van der Waals surface area contributed by atoms with Crippen LogP contribution < -0.4 is 5.32 Å². The third kappa shape index (κ3) is 3.66. The second kappa shape index (κ2) is 7.73. The smallest absolute Gasteiger partial charge is 0.274 e. The number of benzene rings is 1. The summed E-state index contributed by atoms with van der Waals surface area (Å²) in [6.07, 6.45) is 4.35. The van der Waals surface area contributed by atoms with Crippen molar-refractivity contribution in [2.24, 2.45) is 0 Å². The number of anilines is 1. The van der Waals surface area contributed by atoms with Crippen LogP contribution in [0.1, 0.15) is 33.5 Å². The summed E-state index contributed by atoms with van der Waals surface area (Å²) >= 11 is 7.66. The Kier molecular flexibility index (Phi) is 5.15. The van der Waals surface area contributed by atoms with Crippen molar-refractivity contribution in [3.05, 3.63) is 75.6 Å². The molecule has 5 nitrogen and oxygen atoms in total. The molecule has 0 bridgehead atoms. The number of aromatic nitrogens is 3. The van der Waals surface area contributed by atoms with E-state index in [-0.39, 0.29) is 5.91 Å². The minimum Gasteiger partial charge on any atom is -0.332 e. The van der Waals surface area contributed by atoms with E-state index in [9.17, 15) is 4.79 Å². The first kappa shape index (κ1) is 18.7. The molecule has 0 aliphatic rings. The minimum atomic E-state index is -0.183. The zero-order valence-electron chi connectivity index (χ0n) is 15.6. The number of hydrogen-bond donors (Lipinski definition) is 1. The monoisotopic (exact) mass is 410 g/mol. The summed E-state index contributed by atoms with van der Waals surface area (Å²) < 4.78 is 2.00. The summed E-state index contributed by atoms with van der Waals surface area (Å²) in [4.78, 5) is 22.8. The number of thiazole rings is 1. The number of fused-ring (bicyclic) bond motifs is 1. The molecule has 3 aromatic heterocycles. The lowest BCUT2D eigenvalue weighted by Crippen LogP contribution is -2.17. The molecule has 0 saturated carbocycles. The zero-order valence-corrected chi connectivity index (χ0v) is 17.1. The van der Waals surface area contributed by atoms with Gasteiger partial charge >= 0.3 is 0 Å². The van der Waals surface area contributed by atoms with Gasteiger partial charge in [-0.05, 0) is 55.3 Å². The lowest BCUT2D eigenvalue weighted by molar-refractivity contribution is 0.101. The van der Waals surface area contributed by atoms with E-state index in [4.69, 9.17) is 11.6 Å². The number of carbonyl (C=O) groups is 1. The maximum atomic E-state index is 13.1. The molecule has 0 fully saturated rings. The first-order valence-electron chi connectivity index (χ1n) is 9.00. The van der Waals surface area contributed by atoms with Crippen molar-refractivity contribution in [1.82, 2.24) is 14.5 Å². The molecule has 0 aliphatic heterocycles. The van der Waals surface area contributed by atoms with Crippen molar-refractivity contribution < 1.29 is 4.79 Å². The molecule has 0 atom stereocenters. The molecule has 28 heavy (non-hydrogen) atoms. The van der Waals surface area contributed by atoms with Crippen molar-refractivity contribution in [2.75, 3.05) is 5.32 Å². The molecule has 0 saturated heterocycles. The third-order valence-corrected chi connectivity index (χ3v) is 5.80. The summed E-state index contributed by atoms with van der Waals surface area (Å²) in [6.45, 7) is 4.64. The third-order valence-electron chi connectivity index (χ3n) is 4.63. The lowest BCUT2D eigenvalue weighted by Gasteiger charge is -2.10. The van der Waals surface area contributed by atoms with Gasteiger partial charge in [0.25, 0.3) is 5.91 Å². The van der Waals surface area contributed by atoms with Crippen LogP contribution in [0.25, 0.3) is 10.9 Å². The molecule has 4 rings (SSSR count). The first-order chi connectivity index (χ1) is 13.5. The summed E-state index contributed by atoms with van der Waals surface area (Å²) in [5.74, 6) is -0.183. The van der Waals surface area contributed by atoms with Crippen molar-refractivity contribution in [1.29, 1.82) is 0 Å². The van der Waals surface area contributed by atoms with Crippen LogP contribution in [0.5, 0.6) is 0 Å². The largest absolute Gasteiger partial charge is 0.332 e. The Bertz CT molecular complexity index is 1150. The Morgan fingerprint density at radius 1 is 1.21 bits per heavy atom.